The Bertz CT molecular complexity index is 1800. The molecule has 0 rings (SSSR count). The average molecular weight is 1350 g/mol. The molecule has 0 aromatic carbocycles. The standard InChI is InChI=1S/C73H142O17P2/c1-8-10-11-12-13-14-15-16-17-18-19-26-35-42-49-56-72(77)89-68(60-83-70(75)54-47-40-33-25-21-20-23-30-37-44-51-64(3)4)62-87-91(79,80)85-58-67(74)59-86-92(81,82)88-63-69(90-73(78)57-50-43-36-27-22-24-31-38-45-52-65(5)6)61-84-71(76)55-48-41-34-29-28-32-39-46-53-66(7)9-2/h64-69,74H,8-63H2,1-7H3,(H,79,80)(H,81,82)/t66?,67-,68-,69-/m1/s1. The third kappa shape index (κ3) is 65.4. The minimum absolute atomic E-state index is 0.105. The van der Waals surface area contributed by atoms with Crippen LogP contribution in [0.1, 0.15) is 370 Å². The van der Waals surface area contributed by atoms with Gasteiger partial charge in [0.25, 0.3) is 0 Å². The van der Waals surface area contributed by atoms with Crippen LogP contribution in [0.3, 0.4) is 0 Å². The first-order valence-electron chi connectivity index (χ1n) is 37.9. The molecule has 0 bridgehead atoms. The summed E-state index contributed by atoms with van der Waals surface area (Å²) in [4.78, 5) is 72.7. The lowest BCUT2D eigenvalue weighted by atomic mass is 9.99. The number of carbonyl (C=O) groups is 4. The van der Waals surface area contributed by atoms with Crippen LogP contribution in [0.15, 0.2) is 0 Å². The van der Waals surface area contributed by atoms with Gasteiger partial charge in [0.05, 0.1) is 26.4 Å². The van der Waals surface area contributed by atoms with Gasteiger partial charge in [0.2, 0.25) is 0 Å². The summed E-state index contributed by atoms with van der Waals surface area (Å²) in [6.45, 7) is 11.9. The Morgan fingerprint density at radius 1 is 0.315 bits per heavy atom. The predicted octanol–water partition coefficient (Wildman–Crippen LogP) is 21.0. The monoisotopic (exact) mass is 1350 g/mol. The van der Waals surface area contributed by atoms with Crippen LogP contribution in [0.5, 0.6) is 0 Å². The van der Waals surface area contributed by atoms with Crippen molar-refractivity contribution in [2.75, 3.05) is 39.6 Å². The zero-order valence-corrected chi connectivity index (χ0v) is 61.8. The second kappa shape index (κ2) is 63.8. The zero-order valence-electron chi connectivity index (χ0n) is 60.0. The smallest absolute Gasteiger partial charge is 0.462 e. The van der Waals surface area contributed by atoms with E-state index < -0.39 is 97.5 Å². The van der Waals surface area contributed by atoms with Gasteiger partial charge in [-0.1, -0.05) is 318 Å². The van der Waals surface area contributed by atoms with Gasteiger partial charge in [-0.2, -0.15) is 0 Å². The molecule has 0 amide bonds. The maximum absolute atomic E-state index is 13.1. The van der Waals surface area contributed by atoms with E-state index in [1.54, 1.807) is 0 Å². The van der Waals surface area contributed by atoms with Crippen molar-refractivity contribution in [3.05, 3.63) is 0 Å². The summed E-state index contributed by atoms with van der Waals surface area (Å²) in [5.41, 5.74) is 0. The van der Waals surface area contributed by atoms with Crippen LogP contribution in [0.4, 0.5) is 0 Å². The first-order valence-corrected chi connectivity index (χ1v) is 40.9. The normalized spacial score (nSPS) is 14.4. The van der Waals surface area contributed by atoms with E-state index in [1.165, 1.54) is 180 Å². The van der Waals surface area contributed by atoms with Gasteiger partial charge < -0.3 is 33.8 Å². The van der Waals surface area contributed by atoms with E-state index in [0.717, 1.165) is 108 Å². The van der Waals surface area contributed by atoms with Crippen LogP contribution in [0.25, 0.3) is 0 Å². The number of esters is 4. The molecule has 0 saturated heterocycles. The summed E-state index contributed by atoms with van der Waals surface area (Å²) in [6, 6.07) is 0. The molecular formula is C73H142O17P2. The van der Waals surface area contributed by atoms with Crippen LogP contribution in [-0.4, -0.2) is 96.7 Å². The Hall–Kier alpha value is -1.94. The van der Waals surface area contributed by atoms with Gasteiger partial charge in [0, 0.05) is 25.7 Å². The number of hydrogen-bond acceptors (Lipinski definition) is 15. The highest BCUT2D eigenvalue weighted by Gasteiger charge is 2.30. The van der Waals surface area contributed by atoms with E-state index in [0.29, 0.717) is 25.7 Å². The van der Waals surface area contributed by atoms with E-state index >= 15 is 0 Å². The van der Waals surface area contributed by atoms with Crippen LogP contribution >= 0.6 is 15.6 Å². The molecule has 3 N–H and O–H groups in total. The van der Waals surface area contributed by atoms with Crippen molar-refractivity contribution < 1.29 is 80.2 Å². The molecule has 0 radical (unpaired) electrons. The number of unbranched alkanes of at least 4 members (excludes halogenated alkanes) is 38. The van der Waals surface area contributed by atoms with E-state index in [-0.39, 0.29) is 25.7 Å². The van der Waals surface area contributed by atoms with E-state index in [1.807, 2.05) is 0 Å². The van der Waals surface area contributed by atoms with Crippen molar-refractivity contribution in [1.29, 1.82) is 0 Å². The molecule has 546 valence electrons. The van der Waals surface area contributed by atoms with Crippen molar-refractivity contribution in [1.82, 2.24) is 0 Å². The van der Waals surface area contributed by atoms with Crippen molar-refractivity contribution in [2.45, 2.75) is 388 Å². The van der Waals surface area contributed by atoms with Crippen LogP contribution < -0.4 is 0 Å². The highest BCUT2D eigenvalue weighted by Crippen LogP contribution is 2.45. The fraction of sp³-hybridized carbons (Fsp3) is 0.945. The van der Waals surface area contributed by atoms with Crippen LogP contribution in [0, 0.1) is 17.8 Å². The molecule has 0 aliphatic heterocycles. The van der Waals surface area contributed by atoms with E-state index in [2.05, 4.69) is 48.5 Å². The molecule has 0 fully saturated rings. The van der Waals surface area contributed by atoms with E-state index in [9.17, 15) is 43.2 Å². The highest BCUT2D eigenvalue weighted by atomic mass is 31.2. The van der Waals surface area contributed by atoms with E-state index in [4.69, 9.17) is 37.0 Å². The van der Waals surface area contributed by atoms with Crippen molar-refractivity contribution in [3.63, 3.8) is 0 Å². The summed E-state index contributed by atoms with van der Waals surface area (Å²) in [7, 11) is -9.91. The SMILES string of the molecule is CCCCCCCCCCCCCCCCCC(=O)O[C@H](COC(=O)CCCCCCCCCCCCC(C)C)COP(=O)(O)OC[C@@H](O)COP(=O)(O)OC[C@@H](COC(=O)CCCCCCCCCCC(C)CC)OC(=O)CCCCCCCCCCCC(C)C. The van der Waals surface area contributed by atoms with Crippen LogP contribution in [0.2, 0.25) is 0 Å². The van der Waals surface area contributed by atoms with Gasteiger partial charge in [-0.05, 0) is 43.4 Å². The Morgan fingerprint density at radius 3 is 0.826 bits per heavy atom. The topological polar surface area (TPSA) is 237 Å². The summed E-state index contributed by atoms with van der Waals surface area (Å²) in [6.07, 6.45) is 48.4. The molecule has 0 spiro atoms. The number of rotatable bonds is 71. The lowest BCUT2D eigenvalue weighted by molar-refractivity contribution is -0.161. The summed E-state index contributed by atoms with van der Waals surface area (Å²) >= 11 is 0. The molecule has 6 atom stereocenters. The first kappa shape index (κ1) is 90.1. The van der Waals surface area contributed by atoms with Crippen LogP contribution in [-0.2, 0) is 65.4 Å². The molecule has 0 aliphatic rings. The quantitative estimate of drug-likeness (QED) is 0.0222. The second-order valence-electron chi connectivity index (χ2n) is 27.5. The molecule has 17 nitrogen and oxygen atoms in total. The number of phosphoric ester groups is 2. The minimum Gasteiger partial charge on any atom is -0.462 e. The third-order valence-corrected chi connectivity index (χ3v) is 19.1. The largest absolute Gasteiger partial charge is 0.472 e. The number of aliphatic hydroxyl groups excluding tert-OH is 1. The Balaban J connectivity index is 5.27. The third-order valence-electron chi connectivity index (χ3n) is 17.2. The number of ether oxygens (including phenoxy) is 4. The fourth-order valence-electron chi connectivity index (χ4n) is 11.0. The first-order chi connectivity index (χ1) is 44.3. The fourth-order valence-corrected chi connectivity index (χ4v) is 12.6. The van der Waals surface area contributed by atoms with Gasteiger partial charge in [-0.15, -0.1) is 0 Å². The molecule has 0 saturated carbocycles. The number of phosphoric acid groups is 2. The van der Waals surface area contributed by atoms with Crippen molar-refractivity contribution in [2.24, 2.45) is 17.8 Å². The lowest BCUT2D eigenvalue weighted by Crippen LogP contribution is -2.30. The summed E-state index contributed by atoms with van der Waals surface area (Å²) in [5, 5.41) is 10.6. The summed E-state index contributed by atoms with van der Waals surface area (Å²) in [5.74, 6) is 0.151. The minimum atomic E-state index is -4.95. The van der Waals surface area contributed by atoms with Crippen molar-refractivity contribution >= 4 is 39.5 Å². The van der Waals surface area contributed by atoms with Gasteiger partial charge in [0.1, 0.15) is 19.3 Å². The molecule has 0 aromatic heterocycles. The van der Waals surface area contributed by atoms with Gasteiger partial charge in [-0.25, -0.2) is 9.13 Å². The Labute approximate surface area is 562 Å². The Kier molecular flexibility index (Phi) is 62.4. The second-order valence-corrected chi connectivity index (χ2v) is 30.4. The maximum atomic E-state index is 13.1. The molecule has 0 aromatic rings. The molecule has 92 heavy (non-hydrogen) atoms. The predicted molar refractivity (Wildman–Crippen MR) is 372 cm³/mol. The lowest BCUT2D eigenvalue weighted by Gasteiger charge is -2.21. The average Bonchev–Trinajstić information content (AvgIpc) is 1.55. The molecule has 0 aliphatic carbocycles. The molecule has 19 heteroatoms. The summed E-state index contributed by atoms with van der Waals surface area (Å²) < 4.78 is 68.4. The zero-order chi connectivity index (χ0) is 68.0. The highest BCUT2D eigenvalue weighted by molar-refractivity contribution is 7.47. The van der Waals surface area contributed by atoms with Gasteiger partial charge >= 0.3 is 39.5 Å². The molecule has 3 unspecified atom stereocenters. The molecular weight excluding hydrogens is 1210 g/mol. The number of hydrogen-bond donors (Lipinski definition) is 3. The number of aliphatic hydroxyl groups is 1. The number of carbonyl (C=O) groups excluding carboxylic acids is 4. The van der Waals surface area contributed by atoms with Gasteiger partial charge in [-0.3, -0.25) is 37.3 Å². The Morgan fingerprint density at radius 2 is 0.554 bits per heavy atom. The maximum Gasteiger partial charge on any atom is 0.472 e. The van der Waals surface area contributed by atoms with Crippen molar-refractivity contribution in [3.8, 4) is 0 Å². The van der Waals surface area contributed by atoms with Gasteiger partial charge in [0.15, 0.2) is 12.2 Å². The molecule has 0 heterocycles.